The predicted molar refractivity (Wildman–Crippen MR) is 112 cm³/mol. The second-order valence-electron chi connectivity index (χ2n) is 7.15. The number of hydrogen-bond acceptors (Lipinski definition) is 3. The Morgan fingerprint density at radius 2 is 1.25 bits per heavy atom. The van der Waals surface area contributed by atoms with E-state index in [1.54, 1.807) is 0 Å². The Bertz CT molecular complexity index is 947. The number of rotatable bonds is 7. The van der Waals surface area contributed by atoms with E-state index in [0.29, 0.717) is 19.6 Å². The van der Waals surface area contributed by atoms with Crippen LogP contribution in [0.2, 0.25) is 0 Å². The summed E-state index contributed by atoms with van der Waals surface area (Å²) in [5.41, 5.74) is 3.33. The molecule has 4 nitrogen and oxygen atoms in total. The van der Waals surface area contributed by atoms with Gasteiger partial charge in [-0.1, -0.05) is 91.0 Å². The van der Waals surface area contributed by atoms with Crippen LogP contribution in [0.3, 0.4) is 0 Å². The van der Waals surface area contributed by atoms with Crippen molar-refractivity contribution in [1.82, 2.24) is 9.62 Å². The summed E-state index contributed by atoms with van der Waals surface area (Å²) in [6, 6.07) is 30.2. The highest BCUT2D eigenvalue weighted by Crippen LogP contribution is 2.33. The predicted octanol–water partition coefficient (Wildman–Crippen LogP) is 3.58. The minimum absolute atomic E-state index is 0.0722. The van der Waals surface area contributed by atoms with Crippen LogP contribution in [-0.4, -0.2) is 31.7 Å². The molecule has 1 aliphatic heterocycles. The topological polar surface area (TPSA) is 49.4 Å². The van der Waals surface area contributed by atoms with Gasteiger partial charge in [0.2, 0.25) is 10.0 Å². The van der Waals surface area contributed by atoms with E-state index in [2.05, 4.69) is 33.9 Å². The molecule has 5 heteroatoms. The van der Waals surface area contributed by atoms with E-state index in [1.165, 1.54) is 11.1 Å². The van der Waals surface area contributed by atoms with Crippen molar-refractivity contribution < 1.29 is 8.42 Å². The number of nitrogens with one attached hydrogen (secondary N) is 1. The molecule has 1 heterocycles. The highest BCUT2D eigenvalue weighted by atomic mass is 32.2. The maximum atomic E-state index is 12.7. The molecule has 1 fully saturated rings. The number of sulfonamides is 1. The van der Waals surface area contributed by atoms with Gasteiger partial charge in [0, 0.05) is 19.6 Å². The molecule has 1 aliphatic rings. The van der Waals surface area contributed by atoms with E-state index in [-0.39, 0.29) is 11.3 Å². The van der Waals surface area contributed by atoms with Gasteiger partial charge in [0.1, 0.15) is 5.25 Å². The summed E-state index contributed by atoms with van der Waals surface area (Å²) in [6.07, 6.45) is 0. The first kappa shape index (κ1) is 18.9. The smallest absolute Gasteiger partial charge is 0.217 e. The van der Waals surface area contributed by atoms with Crippen molar-refractivity contribution in [3.8, 4) is 0 Å². The first-order chi connectivity index (χ1) is 13.6. The minimum atomic E-state index is -3.34. The molecule has 4 rings (SSSR count). The summed E-state index contributed by atoms with van der Waals surface area (Å²) >= 11 is 0. The Hall–Kier alpha value is -2.47. The summed E-state index contributed by atoms with van der Waals surface area (Å²) in [5.74, 6) is 0. The third-order valence-corrected chi connectivity index (χ3v) is 6.95. The van der Waals surface area contributed by atoms with Crippen LogP contribution < -0.4 is 4.72 Å². The van der Waals surface area contributed by atoms with Crippen LogP contribution in [0.15, 0.2) is 91.0 Å². The zero-order chi connectivity index (χ0) is 19.4. The molecular formula is C23H24N2O2S. The van der Waals surface area contributed by atoms with Gasteiger partial charge in [-0.05, 0) is 16.7 Å². The second-order valence-corrected chi connectivity index (χ2v) is 9.20. The van der Waals surface area contributed by atoms with Gasteiger partial charge >= 0.3 is 0 Å². The maximum Gasteiger partial charge on any atom is 0.217 e. The van der Waals surface area contributed by atoms with E-state index >= 15 is 0 Å². The van der Waals surface area contributed by atoms with E-state index in [9.17, 15) is 8.42 Å². The molecule has 0 aromatic heterocycles. The average molecular weight is 393 g/mol. The van der Waals surface area contributed by atoms with Gasteiger partial charge in [-0.25, -0.2) is 13.1 Å². The molecule has 1 N–H and O–H groups in total. The number of nitrogens with zero attached hydrogens (tertiary/aromatic N) is 1. The van der Waals surface area contributed by atoms with Crippen LogP contribution in [0.5, 0.6) is 0 Å². The van der Waals surface area contributed by atoms with Gasteiger partial charge in [-0.2, -0.15) is 0 Å². The Balaban J connectivity index is 1.45. The van der Waals surface area contributed by atoms with Crippen molar-refractivity contribution in [1.29, 1.82) is 0 Å². The zero-order valence-electron chi connectivity index (χ0n) is 15.6. The summed E-state index contributed by atoms with van der Waals surface area (Å²) in [6.45, 7) is 1.39. The minimum Gasteiger partial charge on any atom is -0.290 e. The van der Waals surface area contributed by atoms with E-state index in [0.717, 1.165) is 5.56 Å². The molecule has 0 spiro atoms. The fourth-order valence-corrected chi connectivity index (χ4v) is 5.04. The largest absolute Gasteiger partial charge is 0.290 e. The quantitative estimate of drug-likeness (QED) is 0.669. The Labute approximate surface area is 166 Å². The molecule has 0 amide bonds. The molecule has 3 aromatic carbocycles. The van der Waals surface area contributed by atoms with Gasteiger partial charge in [-0.15, -0.1) is 0 Å². The SMILES string of the molecule is O=S(=O)(NCc1ccccc1)C1CN(C(c2ccccc2)c2ccccc2)C1. The highest BCUT2D eigenvalue weighted by molar-refractivity contribution is 7.90. The fourth-order valence-electron chi connectivity index (χ4n) is 3.66. The van der Waals surface area contributed by atoms with Crippen LogP contribution in [0.25, 0.3) is 0 Å². The van der Waals surface area contributed by atoms with Crippen LogP contribution >= 0.6 is 0 Å². The molecule has 0 atom stereocenters. The summed E-state index contributed by atoms with van der Waals surface area (Å²) in [7, 11) is -3.34. The Morgan fingerprint density at radius 1 is 0.786 bits per heavy atom. The summed E-state index contributed by atoms with van der Waals surface area (Å²) in [5, 5.41) is -0.383. The molecular weight excluding hydrogens is 368 g/mol. The fraction of sp³-hybridized carbons (Fsp3) is 0.217. The monoisotopic (exact) mass is 392 g/mol. The van der Waals surface area contributed by atoms with Gasteiger partial charge in [-0.3, -0.25) is 4.90 Å². The Morgan fingerprint density at radius 3 is 1.75 bits per heavy atom. The van der Waals surface area contributed by atoms with E-state index in [4.69, 9.17) is 0 Å². The molecule has 0 saturated carbocycles. The average Bonchev–Trinajstić information content (AvgIpc) is 2.71. The number of hydrogen-bond donors (Lipinski definition) is 1. The molecule has 0 bridgehead atoms. The highest BCUT2D eigenvalue weighted by Gasteiger charge is 2.41. The third kappa shape index (κ3) is 4.17. The molecule has 1 saturated heterocycles. The lowest BCUT2D eigenvalue weighted by molar-refractivity contribution is 0.143. The lowest BCUT2D eigenvalue weighted by atomic mass is 9.94. The molecule has 0 unspecified atom stereocenters. The van der Waals surface area contributed by atoms with Gasteiger partial charge in [0.15, 0.2) is 0 Å². The van der Waals surface area contributed by atoms with Crippen LogP contribution in [0.1, 0.15) is 22.7 Å². The third-order valence-electron chi connectivity index (χ3n) is 5.23. The number of benzene rings is 3. The lowest BCUT2D eigenvalue weighted by Gasteiger charge is -2.44. The first-order valence-corrected chi connectivity index (χ1v) is 11.0. The standard InChI is InChI=1S/C23H24N2O2S/c26-28(27,24-16-19-10-4-1-5-11-19)22-17-25(18-22)23(20-12-6-2-7-13-20)21-14-8-3-9-15-21/h1-15,22-24H,16-18H2. The zero-order valence-corrected chi connectivity index (χ0v) is 16.4. The van der Waals surface area contributed by atoms with Crippen molar-refractivity contribution in [2.24, 2.45) is 0 Å². The lowest BCUT2D eigenvalue weighted by Crippen LogP contribution is -2.58. The van der Waals surface area contributed by atoms with Crippen LogP contribution in [0.4, 0.5) is 0 Å². The second kappa shape index (κ2) is 8.27. The Kier molecular flexibility index (Phi) is 5.57. The molecule has 28 heavy (non-hydrogen) atoms. The van der Waals surface area contributed by atoms with Crippen molar-refractivity contribution in [2.45, 2.75) is 17.8 Å². The summed E-state index contributed by atoms with van der Waals surface area (Å²) in [4.78, 5) is 2.23. The molecule has 144 valence electrons. The molecule has 0 radical (unpaired) electrons. The maximum absolute atomic E-state index is 12.7. The number of likely N-dealkylation sites (tertiary alicyclic amines) is 1. The van der Waals surface area contributed by atoms with Crippen LogP contribution in [-0.2, 0) is 16.6 Å². The van der Waals surface area contributed by atoms with Crippen LogP contribution in [0, 0.1) is 0 Å². The van der Waals surface area contributed by atoms with Crippen molar-refractivity contribution in [3.63, 3.8) is 0 Å². The van der Waals surface area contributed by atoms with Gasteiger partial charge < -0.3 is 0 Å². The van der Waals surface area contributed by atoms with E-state index in [1.807, 2.05) is 66.7 Å². The molecule has 3 aromatic rings. The molecule has 0 aliphatic carbocycles. The van der Waals surface area contributed by atoms with Crippen molar-refractivity contribution in [2.75, 3.05) is 13.1 Å². The normalized spacial score (nSPS) is 15.5. The van der Waals surface area contributed by atoms with Gasteiger partial charge in [0.05, 0.1) is 6.04 Å². The summed E-state index contributed by atoms with van der Waals surface area (Å²) < 4.78 is 28.1. The first-order valence-electron chi connectivity index (χ1n) is 9.50. The van der Waals surface area contributed by atoms with Crippen molar-refractivity contribution in [3.05, 3.63) is 108 Å². The van der Waals surface area contributed by atoms with E-state index < -0.39 is 10.0 Å². The van der Waals surface area contributed by atoms with Crippen molar-refractivity contribution >= 4 is 10.0 Å². The van der Waals surface area contributed by atoms with Gasteiger partial charge in [0.25, 0.3) is 0 Å².